The molecule has 0 aliphatic rings. The molecule has 3 heterocycles. The number of hydrogen-bond acceptors (Lipinski definition) is 5. The van der Waals surface area contributed by atoms with Gasteiger partial charge in [-0.2, -0.15) is 4.98 Å². The highest BCUT2D eigenvalue weighted by atomic mass is 35.5. The average molecular weight is 420 g/mol. The highest BCUT2D eigenvalue weighted by molar-refractivity contribution is 6.33. The Kier molecular flexibility index (Phi) is 5.29. The number of amides is 1. The number of carbonyl (C=O) groups excluding carboxylic acids is 1. The van der Waals surface area contributed by atoms with E-state index in [2.05, 4.69) is 20.3 Å². The lowest BCUT2D eigenvalue weighted by Gasteiger charge is -2.13. The Bertz CT molecular complexity index is 1320. The number of nitrogens with zero attached hydrogens (tertiary/aromatic N) is 4. The third kappa shape index (κ3) is 3.67. The molecule has 0 aliphatic heterocycles. The molecule has 3 aromatic heterocycles. The molecular weight excluding hydrogens is 402 g/mol. The fraction of sp³-hybridized carbons (Fsp3) is 0.136. The average Bonchev–Trinajstić information content (AvgIpc) is 2.74. The summed E-state index contributed by atoms with van der Waals surface area (Å²) in [7, 11) is 0. The number of rotatable bonds is 4. The molecule has 150 valence electrons. The van der Waals surface area contributed by atoms with Crippen molar-refractivity contribution in [3.8, 4) is 22.3 Å². The van der Waals surface area contributed by atoms with E-state index in [0.717, 1.165) is 11.1 Å². The molecule has 1 aromatic carbocycles. The number of hydrogen-bond donors (Lipinski definition) is 1. The number of halogens is 1. The van der Waals surface area contributed by atoms with Crippen LogP contribution in [0.2, 0.25) is 5.02 Å². The van der Waals surface area contributed by atoms with Crippen molar-refractivity contribution in [2.75, 3.05) is 5.32 Å². The second-order valence-electron chi connectivity index (χ2n) is 6.70. The summed E-state index contributed by atoms with van der Waals surface area (Å²) >= 11 is 6.57. The third-order valence-electron chi connectivity index (χ3n) is 4.69. The van der Waals surface area contributed by atoms with Crippen LogP contribution in [0.4, 0.5) is 5.95 Å². The van der Waals surface area contributed by atoms with E-state index >= 15 is 0 Å². The van der Waals surface area contributed by atoms with Crippen LogP contribution in [-0.4, -0.2) is 25.4 Å². The molecule has 0 unspecified atom stereocenters. The van der Waals surface area contributed by atoms with Gasteiger partial charge in [-0.25, -0.2) is 4.98 Å². The van der Waals surface area contributed by atoms with E-state index in [1.807, 2.05) is 37.3 Å². The van der Waals surface area contributed by atoms with Crippen LogP contribution in [0.5, 0.6) is 0 Å². The second kappa shape index (κ2) is 8.04. The SMILES string of the molecule is CCn1c(=O)c(-c2ccc(-c3cccnc3)cc2Cl)cc2cnc(NC(C)=O)nc21. The van der Waals surface area contributed by atoms with Crippen LogP contribution in [0.3, 0.4) is 0 Å². The first-order valence-corrected chi connectivity index (χ1v) is 9.74. The highest BCUT2D eigenvalue weighted by Gasteiger charge is 2.15. The molecule has 8 heteroatoms. The summed E-state index contributed by atoms with van der Waals surface area (Å²) in [6.07, 6.45) is 5.05. The Morgan fingerprint density at radius 3 is 2.63 bits per heavy atom. The number of carbonyl (C=O) groups is 1. The monoisotopic (exact) mass is 419 g/mol. The molecule has 0 radical (unpaired) electrons. The van der Waals surface area contributed by atoms with Crippen molar-refractivity contribution in [3.05, 3.63) is 70.4 Å². The van der Waals surface area contributed by atoms with Gasteiger partial charge in [-0.3, -0.25) is 24.5 Å². The van der Waals surface area contributed by atoms with Crippen LogP contribution in [0, 0.1) is 0 Å². The molecular formula is C22H18ClN5O2. The normalized spacial score (nSPS) is 10.9. The first-order valence-electron chi connectivity index (χ1n) is 9.36. The fourth-order valence-corrected chi connectivity index (χ4v) is 3.59. The van der Waals surface area contributed by atoms with Crippen molar-refractivity contribution in [1.82, 2.24) is 19.5 Å². The lowest BCUT2D eigenvalue weighted by Crippen LogP contribution is -2.23. The molecule has 1 N–H and O–H groups in total. The summed E-state index contributed by atoms with van der Waals surface area (Å²) in [6, 6.07) is 11.1. The van der Waals surface area contributed by atoms with Crippen LogP contribution in [0.25, 0.3) is 33.3 Å². The minimum Gasteiger partial charge on any atom is -0.295 e. The van der Waals surface area contributed by atoms with Crippen LogP contribution >= 0.6 is 11.6 Å². The number of benzene rings is 1. The topological polar surface area (TPSA) is 89.8 Å². The largest absolute Gasteiger partial charge is 0.295 e. The van der Waals surface area contributed by atoms with Crippen molar-refractivity contribution in [3.63, 3.8) is 0 Å². The van der Waals surface area contributed by atoms with E-state index in [0.29, 0.717) is 33.7 Å². The fourth-order valence-electron chi connectivity index (χ4n) is 3.31. The van der Waals surface area contributed by atoms with Crippen LogP contribution in [-0.2, 0) is 11.3 Å². The zero-order chi connectivity index (χ0) is 21.3. The van der Waals surface area contributed by atoms with Crippen molar-refractivity contribution >= 4 is 34.5 Å². The van der Waals surface area contributed by atoms with Gasteiger partial charge < -0.3 is 0 Å². The van der Waals surface area contributed by atoms with Gasteiger partial charge in [0, 0.05) is 59.2 Å². The van der Waals surface area contributed by atoms with Gasteiger partial charge in [-0.05, 0) is 30.7 Å². The van der Waals surface area contributed by atoms with E-state index in [1.54, 1.807) is 29.2 Å². The number of fused-ring (bicyclic) bond motifs is 1. The van der Waals surface area contributed by atoms with Gasteiger partial charge in [0.25, 0.3) is 5.56 Å². The number of anilines is 1. The molecule has 30 heavy (non-hydrogen) atoms. The van der Waals surface area contributed by atoms with Crippen molar-refractivity contribution < 1.29 is 4.79 Å². The maximum atomic E-state index is 13.2. The maximum Gasteiger partial charge on any atom is 0.260 e. The Morgan fingerprint density at radius 1 is 1.13 bits per heavy atom. The van der Waals surface area contributed by atoms with E-state index in [1.165, 1.54) is 6.92 Å². The minimum absolute atomic E-state index is 0.156. The summed E-state index contributed by atoms with van der Waals surface area (Å²) in [5.41, 5.74) is 3.18. The number of pyridine rings is 2. The van der Waals surface area contributed by atoms with Crippen molar-refractivity contribution in [2.45, 2.75) is 20.4 Å². The summed E-state index contributed by atoms with van der Waals surface area (Å²) in [4.78, 5) is 37.1. The number of aromatic nitrogens is 4. The molecule has 0 spiro atoms. The Hall–Kier alpha value is -3.58. The summed E-state index contributed by atoms with van der Waals surface area (Å²) in [5, 5.41) is 3.68. The van der Waals surface area contributed by atoms with Crippen LogP contribution in [0.1, 0.15) is 13.8 Å². The molecule has 0 saturated carbocycles. The lowest BCUT2D eigenvalue weighted by molar-refractivity contribution is -0.114. The van der Waals surface area contributed by atoms with E-state index in [9.17, 15) is 9.59 Å². The van der Waals surface area contributed by atoms with E-state index in [4.69, 9.17) is 11.6 Å². The molecule has 0 aliphatic carbocycles. The quantitative estimate of drug-likeness (QED) is 0.536. The van der Waals surface area contributed by atoms with Gasteiger partial charge in [0.15, 0.2) is 0 Å². The standard InChI is InChI=1S/C22H18ClN5O2/c1-3-28-20-16(12-25-22(27-20)26-13(2)29)9-18(21(28)30)17-7-6-14(10-19(17)23)15-5-4-8-24-11-15/h4-12H,3H2,1-2H3,(H,25,26,27,29). The molecule has 4 rings (SSSR count). The van der Waals surface area contributed by atoms with Gasteiger partial charge in [-0.1, -0.05) is 29.8 Å². The van der Waals surface area contributed by atoms with E-state index in [-0.39, 0.29) is 17.4 Å². The van der Waals surface area contributed by atoms with Gasteiger partial charge in [0.2, 0.25) is 11.9 Å². The van der Waals surface area contributed by atoms with Gasteiger partial charge in [-0.15, -0.1) is 0 Å². The molecule has 0 atom stereocenters. The lowest BCUT2D eigenvalue weighted by atomic mass is 10.0. The second-order valence-corrected chi connectivity index (χ2v) is 7.10. The first kappa shape index (κ1) is 19.7. The van der Waals surface area contributed by atoms with Crippen molar-refractivity contribution in [1.29, 1.82) is 0 Å². The predicted octanol–water partition coefficient (Wildman–Crippen LogP) is 4.15. The van der Waals surface area contributed by atoms with Crippen LogP contribution < -0.4 is 10.9 Å². The predicted molar refractivity (Wildman–Crippen MR) is 117 cm³/mol. The van der Waals surface area contributed by atoms with E-state index < -0.39 is 0 Å². The highest BCUT2D eigenvalue weighted by Crippen LogP contribution is 2.31. The smallest absolute Gasteiger partial charge is 0.260 e. The molecule has 4 aromatic rings. The minimum atomic E-state index is -0.281. The summed E-state index contributed by atoms with van der Waals surface area (Å²) in [6.45, 7) is 3.64. The maximum absolute atomic E-state index is 13.2. The van der Waals surface area contributed by atoms with Crippen LogP contribution in [0.15, 0.2) is 59.8 Å². The van der Waals surface area contributed by atoms with Gasteiger partial charge in [0.05, 0.1) is 0 Å². The van der Waals surface area contributed by atoms with Gasteiger partial charge in [0.1, 0.15) is 5.65 Å². The summed E-state index contributed by atoms with van der Waals surface area (Å²) in [5.74, 6) is -0.125. The molecule has 0 saturated heterocycles. The Labute approximate surface area is 177 Å². The Balaban J connectivity index is 1.86. The molecule has 1 amide bonds. The Morgan fingerprint density at radius 2 is 1.97 bits per heavy atom. The van der Waals surface area contributed by atoms with Gasteiger partial charge >= 0.3 is 0 Å². The third-order valence-corrected chi connectivity index (χ3v) is 5.00. The number of aryl methyl sites for hydroxylation is 1. The zero-order valence-electron chi connectivity index (χ0n) is 16.4. The molecule has 0 bridgehead atoms. The zero-order valence-corrected chi connectivity index (χ0v) is 17.1. The first-order chi connectivity index (χ1) is 14.5. The summed E-state index contributed by atoms with van der Waals surface area (Å²) < 4.78 is 1.54. The number of nitrogens with one attached hydrogen (secondary N) is 1. The molecule has 7 nitrogen and oxygen atoms in total. The molecule has 0 fully saturated rings. The van der Waals surface area contributed by atoms with Crippen molar-refractivity contribution in [2.24, 2.45) is 0 Å².